The minimum absolute atomic E-state index is 0.0475. The Labute approximate surface area is 122 Å². The summed E-state index contributed by atoms with van der Waals surface area (Å²) < 4.78 is 1.94. The zero-order chi connectivity index (χ0) is 15.4. The van der Waals surface area contributed by atoms with Crippen molar-refractivity contribution in [2.45, 2.75) is 32.7 Å². The molecule has 1 aromatic carbocycles. The monoisotopic (exact) mass is 289 g/mol. The number of nitrogens with zero attached hydrogens (tertiary/aromatic N) is 2. The Morgan fingerprint density at radius 3 is 2.76 bits per heavy atom. The molecular formula is C15H19N3O3. The first-order valence-electron chi connectivity index (χ1n) is 7.00. The summed E-state index contributed by atoms with van der Waals surface area (Å²) in [6, 6.07) is 5.11. The van der Waals surface area contributed by atoms with Gasteiger partial charge in [0.2, 0.25) is 5.91 Å². The molecule has 1 heterocycles. The molecule has 2 N–H and O–H groups in total. The molecule has 0 unspecified atom stereocenters. The number of benzene rings is 1. The van der Waals surface area contributed by atoms with Crippen LogP contribution in [0.3, 0.4) is 0 Å². The van der Waals surface area contributed by atoms with Crippen LogP contribution in [-0.2, 0) is 17.8 Å². The van der Waals surface area contributed by atoms with E-state index in [4.69, 9.17) is 0 Å². The first kappa shape index (κ1) is 15.0. The topological polar surface area (TPSA) is 84.2 Å². The number of imidazole rings is 1. The Hall–Kier alpha value is -2.37. The summed E-state index contributed by atoms with van der Waals surface area (Å²) in [7, 11) is 1.60. The van der Waals surface area contributed by atoms with Gasteiger partial charge in [0.05, 0.1) is 11.1 Å². The Kier molecular flexibility index (Phi) is 4.57. The Morgan fingerprint density at radius 2 is 2.14 bits per heavy atom. The van der Waals surface area contributed by atoms with Crippen LogP contribution in [0, 0.1) is 0 Å². The number of amides is 1. The van der Waals surface area contributed by atoms with E-state index in [1.54, 1.807) is 19.2 Å². The maximum Gasteiger partial charge on any atom is 0.337 e. The summed E-state index contributed by atoms with van der Waals surface area (Å²) >= 11 is 0. The normalized spacial score (nSPS) is 10.8. The molecule has 0 radical (unpaired) electrons. The predicted octanol–water partition coefficient (Wildman–Crippen LogP) is 1.82. The van der Waals surface area contributed by atoms with Crippen molar-refractivity contribution >= 4 is 22.9 Å². The molecule has 0 bridgehead atoms. The van der Waals surface area contributed by atoms with Gasteiger partial charge in [-0.3, -0.25) is 4.79 Å². The zero-order valence-electron chi connectivity index (χ0n) is 12.2. The molecule has 0 aliphatic carbocycles. The minimum Gasteiger partial charge on any atom is -0.478 e. The van der Waals surface area contributed by atoms with Crippen LogP contribution in [0.2, 0.25) is 0 Å². The third kappa shape index (κ3) is 3.04. The molecule has 2 aromatic rings. The number of aryl methyl sites for hydroxylation is 2. The fourth-order valence-corrected chi connectivity index (χ4v) is 2.37. The van der Waals surface area contributed by atoms with Crippen molar-refractivity contribution in [2.24, 2.45) is 0 Å². The molecule has 0 saturated carbocycles. The van der Waals surface area contributed by atoms with Gasteiger partial charge in [-0.25, -0.2) is 9.78 Å². The molecule has 0 aliphatic heterocycles. The van der Waals surface area contributed by atoms with E-state index in [0.29, 0.717) is 18.5 Å². The summed E-state index contributed by atoms with van der Waals surface area (Å²) in [5.74, 6) is -0.210. The number of aromatic carboxylic acids is 1. The average Bonchev–Trinajstić information content (AvgIpc) is 2.82. The zero-order valence-corrected chi connectivity index (χ0v) is 12.2. The third-order valence-electron chi connectivity index (χ3n) is 3.40. The van der Waals surface area contributed by atoms with E-state index < -0.39 is 5.97 Å². The molecule has 0 saturated heterocycles. The van der Waals surface area contributed by atoms with E-state index in [9.17, 15) is 14.7 Å². The molecule has 6 heteroatoms. The predicted molar refractivity (Wildman–Crippen MR) is 79.4 cm³/mol. The van der Waals surface area contributed by atoms with E-state index in [-0.39, 0.29) is 11.5 Å². The lowest BCUT2D eigenvalue weighted by Gasteiger charge is -2.08. The van der Waals surface area contributed by atoms with Crippen LogP contribution in [0.1, 0.15) is 35.9 Å². The van der Waals surface area contributed by atoms with E-state index >= 15 is 0 Å². The van der Waals surface area contributed by atoms with Gasteiger partial charge in [0.1, 0.15) is 11.3 Å². The molecular weight excluding hydrogens is 270 g/mol. The number of carboxylic acid groups (broad SMARTS) is 1. The number of carboxylic acids is 1. The van der Waals surface area contributed by atoms with Gasteiger partial charge >= 0.3 is 5.97 Å². The highest BCUT2D eigenvalue weighted by atomic mass is 16.4. The maximum absolute atomic E-state index is 11.4. The van der Waals surface area contributed by atoms with Gasteiger partial charge in [0, 0.05) is 26.4 Å². The number of aromatic nitrogens is 2. The first-order valence-corrected chi connectivity index (χ1v) is 7.00. The largest absolute Gasteiger partial charge is 0.478 e. The number of para-hydroxylation sites is 1. The van der Waals surface area contributed by atoms with Crippen LogP contribution < -0.4 is 5.32 Å². The lowest BCUT2D eigenvalue weighted by Crippen LogP contribution is -2.20. The van der Waals surface area contributed by atoms with Gasteiger partial charge in [-0.05, 0) is 18.6 Å². The van der Waals surface area contributed by atoms with Gasteiger partial charge in [0.25, 0.3) is 0 Å². The number of carbonyl (C=O) groups is 2. The number of fused-ring (bicyclic) bond motifs is 1. The van der Waals surface area contributed by atoms with Crippen molar-refractivity contribution in [3.05, 3.63) is 29.6 Å². The summed E-state index contributed by atoms with van der Waals surface area (Å²) in [5, 5.41) is 11.8. The second-order valence-electron chi connectivity index (χ2n) is 4.83. The van der Waals surface area contributed by atoms with Gasteiger partial charge in [-0.1, -0.05) is 13.0 Å². The van der Waals surface area contributed by atoms with E-state index in [0.717, 1.165) is 24.2 Å². The summed E-state index contributed by atoms with van der Waals surface area (Å²) in [6.45, 7) is 2.54. The average molecular weight is 289 g/mol. The molecule has 21 heavy (non-hydrogen) atoms. The number of hydrogen-bond donors (Lipinski definition) is 2. The smallest absolute Gasteiger partial charge is 0.337 e. The molecule has 0 spiro atoms. The van der Waals surface area contributed by atoms with Gasteiger partial charge < -0.3 is 15.0 Å². The van der Waals surface area contributed by atoms with Gasteiger partial charge in [0.15, 0.2) is 0 Å². The fourth-order valence-electron chi connectivity index (χ4n) is 2.37. The van der Waals surface area contributed by atoms with Crippen molar-refractivity contribution in [1.82, 2.24) is 14.9 Å². The van der Waals surface area contributed by atoms with Crippen molar-refractivity contribution in [3.63, 3.8) is 0 Å². The standard InChI is InChI=1S/C15H19N3O3/c1-3-5-12-17-14-10(15(20)21)6-4-7-11(14)18(12)9-8-13(19)16-2/h4,6-7H,3,5,8-9H2,1-2H3,(H,16,19)(H,20,21). The van der Waals surface area contributed by atoms with Crippen LogP contribution in [0.15, 0.2) is 18.2 Å². The van der Waals surface area contributed by atoms with Crippen molar-refractivity contribution in [3.8, 4) is 0 Å². The number of nitrogens with one attached hydrogen (secondary N) is 1. The summed E-state index contributed by atoms with van der Waals surface area (Å²) in [4.78, 5) is 27.2. The van der Waals surface area contributed by atoms with Gasteiger partial charge in [-0.2, -0.15) is 0 Å². The number of carbonyl (C=O) groups excluding carboxylic acids is 1. The van der Waals surface area contributed by atoms with Crippen molar-refractivity contribution < 1.29 is 14.7 Å². The number of hydrogen-bond acceptors (Lipinski definition) is 3. The van der Waals surface area contributed by atoms with Crippen LogP contribution in [0.4, 0.5) is 0 Å². The SMILES string of the molecule is CCCc1nc2c(C(=O)O)cccc2n1CCC(=O)NC. The van der Waals surface area contributed by atoms with Crippen LogP contribution in [-0.4, -0.2) is 33.6 Å². The van der Waals surface area contributed by atoms with E-state index in [1.807, 2.05) is 17.6 Å². The molecule has 0 fully saturated rings. The molecule has 0 aliphatic rings. The summed E-state index contributed by atoms with van der Waals surface area (Å²) in [5.41, 5.74) is 1.45. The third-order valence-corrected chi connectivity index (χ3v) is 3.40. The quantitative estimate of drug-likeness (QED) is 0.849. The molecule has 2 rings (SSSR count). The van der Waals surface area contributed by atoms with Gasteiger partial charge in [-0.15, -0.1) is 0 Å². The van der Waals surface area contributed by atoms with Crippen LogP contribution in [0.5, 0.6) is 0 Å². The van der Waals surface area contributed by atoms with Crippen molar-refractivity contribution in [2.75, 3.05) is 7.05 Å². The minimum atomic E-state index is -0.986. The second-order valence-corrected chi connectivity index (χ2v) is 4.83. The Bertz CT molecular complexity index is 676. The lowest BCUT2D eigenvalue weighted by molar-refractivity contribution is -0.120. The highest BCUT2D eigenvalue weighted by Gasteiger charge is 2.16. The highest BCUT2D eigenvalue weighted by Crippen LogP contribution is 2.21. The first-order chi connectivity index (χ1) is 10.1. The van der Waals surface area contributed by atoms with E-state index in [1.165, 1.54) is 0 Å². The molecule has 0 atom stereocenters. The fraction of sp³-hybridized carbons (Fsp3) is 0.400. The second kappa shape index (κ2) is 6.39. The molecule has 1 amide bonds. The Balaban J connectivity index is 2.50. The van der Waals surface area contributed by atoms with Crippen LogP contribution in [0.25, 0.3) is 11.0 Å². The molecule has 1 aromatic heterocycles. The molecule has 6 nitrogen and oxygen atoms in total. The van der Waals surface area contributed by atoms with Crippen LogP contribution >= 0.6 is 0 Å². The Morgan fingerprint density at radius 1 is 1.38 bits per heavy atom. The lowest BCUT2D eigenvalue weighted by atomic mass is 10.2. The number of rotatable bonds is 6. The maximum atomic E-state index is 11.4. The molecule has 112 valence electrons. The van der Waals surface area contributed by atoms with E-state index in [2.05, 4.69) is 10.3 Å². The highest BCUT2D eigenvalue weighted by molar-refractivity contribution is 6.01. The summed E-state index contributed by atoms with van der Waals surface area (Å²) in [6.07, 6.45) is 2.00. The van der Waals surface area contributed by atoms with Crippen molar-refractivity contribution in [1.29, 1.82) is 0 Å².